The van der Waals surface area contributed by atoms with Crippen LogP contribution in [0, 0.1) is 5.92 Å². The molecule has 0 radical (unpaired) electrons. The van der Waals surface area contributed by atoms with Gasteiger partial charge in [0, 0.05) is 29.4 Å². The van der Waals surface area contributed by atoms with E-state index in [0.29, 0.717) is 0 Å². The highest BCUT2D eigenvalue weighted by Gasteiger charge is 2.29. The highest BCUT2D eigenvalue weighted by Crippen LogP contribution is 2.33. The normalized spacial score (nSPS) is 17.6. The number of aromatic nitrogens is 1. The van der Waals surface area contributed by atoms with Gasteiger partial charge in [0.2, 0.25) is 0 Å². The van der Waals surface area contributed by atoms with Crippen LogP contribution in [-0.2, 0) is 12.8 Å². The smallest absolute Gasteiger partial charge is 0.166 e. The van der Waals surface area contributed by atoms with Crippen LogP contribution in [0.15, 0.2) is 42.7 Å². The van der Waals surface area contributed by atoms with Crippen LogP contribution in [0.3, 0.4) is 0 Å². The van der Waals surface area contributed by atoms with Crippen molar-refractivity contribution < 1.29 is 9.53 Å². The van der Waals surface area contributed by atoms with Crippen molar-refractivity contribution in [1.29, 1.82) is 0 Å². The topological polar surface area (TPSA) is 39.2 Å². The lowest BCUT2D eigenvalue weighted by molar-refractivity contribution is 0.0900. The maximum absolute atomic E-state index is 12.6. The van der Waals surface area contributed by atoms with Crippen molar-refractivity contribution in [1.82, 2.24) is 4.98 Å². The van der Waals surface area contributed by atoms with Gasteiger partial charge in [0.25, 0.3) is 0 Å². The summed E-state index contributed by atoms with van der Waals surface area (Å²) in [6, 6.07) is 9.70. The van der Waals surface area contributed by atoms with Crippen LogP contribution in [0.5, 0.6) is 5.75 Å². The molecule has 2 aromatic rings. The van der Waals surface area contributed by atoms with E-state index >= 15 is 0 Å². The summed E-state index contributed by atoms with van der Waals surface area (Å²) in [7, 11) is 1.66. The summed E-state index contributed by atoms with van der Waals surface area (Å²) in [6.07, 6.45) is 6.13. The quantitative estimate of drug-likeness (QED) is 0.858. The molecule has 0 bridgehead atoms. The number of hydrogen-bond acceptors (Lipinski definition) is 3. The van der Waals surface area contributed by atoms with E-state index in [-0.39, 0.29) is 11.7 Å². The first kappa shape index (κ1) is 12.9. The number of rotatable bonds is 3. The maximum Gasteiger partial charge on any atom is 0.166 e. The molecule has 1 aromatic heterocycles. The first-order valence-corrected chi connectivity index (χ1v) is 6.88. The van der Waals surface area contributed by atoms with Crippen LogP contribution in [-0.4, -0.2) is 17.9 Å². The Balaban J connectivity index is 1.86. The largest absolute Gasteiger partial charge is 0.496 e. The molecule has 1 aliphatic carbocycles. The maximum atomic E-state index is 12.6. The molecule has 1 atom stereocenters. The molecular formula is C17H17NO2. The van der Waals surface area contributed by atoms with Crippen LogP contribution in [0.1, 0.15) is 27.9 Å². The molecule has 0 aliphatic heterocycles. The van der Waals surface area contributed by atoms with E-state index in [1.165, 1.54) is 5.56 Å². The molecule has 102 valence electrons. The van der Waals surface area contributed by atoms with Crippen LogP contribution < -0.4 is 4.74 Å². The Labute approximate surface area is 118 Å². The molecule has 0 N–H and O–H groups in total. The Bertz CT molecular complexity index is 622. The Morgan fingerprint density at radius 1 is 1.25 bits per heavy atom. The Kier molecular flexibility index (Phi) is 3.50. The molecule has 1 aliphatic rings. The fourth-order valence-corrected chi connectivity index (χ4v) is 2.91. The van der Waals surface area contributed by atoms with Gasteiger partial charge in [-0.05, 0) is 43.0 Å². The lowest BCUT2D eigenvalue weighted by Gasteiger charge is -2.24. The summed E-state index contributed by atoms with van der Waals surface area (Å²) in [4.78, 5) is 16.6. The van der Waals surface area contributed by atoms with Crippen LogP contribution >= 0.6 is 0 Å². The summed E-state index contributed by atoms with van der Waals surface area (Å²) >= 11 is 0. The Hall–Kier alpha value is -2.16. The molecule has 0 saturated carbocycles. The lowest BCUT2D eigenvalue weighted by Crippen LogP contribution is -2.24. The number of nitrogens with zero attached hydrogens (tertiary/aromatic N) is 1. The highest BCUT2D eigenvalue weighted by atomic mass is 16.5. The molecule has 3 nitrogen and oxygen atoms in total. The minimum Gasteiger partial charge on any atom is -0.496 e. The number of ether oxygens (including phenoxy) is 1. The molecule has 3 rings (SSSR count). The number of carbonyl (C=O) groups excluding carboxylic acids is 1. The predicted octanol–water partition coefficient (Wildman–Crippen LogP) is 3.08. The van der Waals surface area contributed by atoms with E-state index in [0.717, 1.165) is 36.1 Å². The number of carbonyl (C=O) groups is 1. The predicted molar refractivity (Wildman–Crippen MR) is 77.1 cm³/mol. The molecule has 3 heteroatoms. The molecule has 20 heavy (non-hydrogen) atoms. The average Bonchev–Trinajstić information content (AvgIpc) is 2.51. The van der Waals surface area contributed by atoms with Crippen LogP contribution in [0.4, 0.5) is 0 Å². The Morgan fingerprint density at radius 3 is 2.80 bits per heavy atom. The van der Waals surface area contributed by atoms with Crippen molar-refractivity contribution in [3.63, 3.8) is 0 Å². The van der Waals surface area contributed by atoms with Crippen molar-refractivity contribution in [2.24, 2.45) is 5.92 Å². The molecule has 0 saturated heterocycles. The Morgan fingerprint density at radius 2 is 2.05 bits per heavy atom. The average molecular weight is 267 g/mol. The van der Waals surface area contributed by atoms with Gasteiger partial charge in [-0.15, -0.1) is 0 Å². The number of fused-ring (bicyclic) bond motifs is 1. The van der Waals surface area contributed by atoms with Gasteiger partial charge in [0.15, 0.2) is 5.78 Å². The van der Waals surface area contributed by atoms with Crippen molar-refractivity contribution in [2.75, 3.05) is 7.11 Å². The van der Waals surface area contributed by atoms with Crippen molar-refractivity contribution >= 4 is 5.78 Å². The van der Waals surface area contributed by atoms with Gasteiger partial charge in [-0.3, -0.25) is 9.78 Å². The van der Waals surface area contributed by atoms with E-state index in [1.807, 2.05) is 30.3 Å². The molecule has 0 fully saturated rings. The van der Waals surface area contributed by atoms with E-state index in [2.05, 4.69) is 4.98 Å². The second-order valence-electron chi connectivity index (χ2n) is 5.15. The van der Waals surface area contributed by atoms with Gasteiger partial charge in [-0.1, -0.05) is 12.1 Å². The van der Waals surface area contributed by atoms with E-state index in [9.17, 15) is 4.79 Å². The summed E-state index contributed by atoms with van der Waals surface area (Å²) in [5.41, 5.74) is 3.06. The van der Waals surface area contributed by atoms with Gasteiger partial charge in [-0.2, -0.15) is 0 Å². The third kappa shape index (κ3) is 2.31. The van der Waals surface area contributed by atoms with Crippen molar-refractivity contribution in [3.05, 3.63) is 59.4 Å². The molecule has 0 unspecified atom stereocenters. The van der Waals surface area contributed by atoms with E-state index in [4.69, 9.17) is 4.74 Å². The molecule has 1 heterocycles. The lowest BCUT2D eigenvalue weighted by atomic mass is 9.79. The third-order valence-corrected chi connectivity index (χ3v) is 3.96. The van der Waals surface area contributed by atoms with Gasteiger partial charge < -0.3 is 4.74 Å². The zero-order valence-corrected chi connectivity index (χ0v) is 11.5. The van der Waals surface area contributed by atoms with Crippen molar-refractivity contribution in [2.45, 2.75) is 19.3 Å². The zero-order valence-electron chi connectivity index (χ0n) is 11.5. The summed E-state index contributed by atoms with van der Waals surface area (Å²) in [5.74, 6) is 1.14. The van der Waals surface area contributed by atoms with Gasteiger partial charge >= 0.3 is 0 Å². The molecule has 1 aromatic carbocycles. The molecular weight excluding hydrogens is 250 g/mol. The number of Topliss-reactive ketones (excluding diaryl/α,β-unsaturated/α-hetero) is 1. The summed E-state index contributed by atoms with van der Waals surface area (Å²) in [6.45, 7) is 0. The standard InChI is InChI=1S/C17H17NO2/c1-20-16-4-2-3-15-14(16)6-5-13(17(15)19)11-12-7-9-18-10-8-12/h2-4,7-10,13H,5-6,11H2,1H3/t13-/m0/s1. The number of pyridine rings is 1. The molecule has 0 amide bonds. The number of methoxy groups -OCH3 is 1. The molecule has 0 spiro atoms. The van der Waals surface area contributed by atoms with Crippen molar-refractivity contribution in [3.8, 4) is 5.75 Å². The fourth-order valence-electron chi connectivity index (χ4n) is 2.91. The second kappa shape index (κ2) is 5.45. The van der Waals surface area contributed by atoms with E-state index < -0.39 is 0 Å². The fraction of sp³-hybridized carbons (Fsp3) is 0.294. The van der Waals surface area contributed by atoms with Crippen LogP contribution in [0.2, 0.25) is 0 Å². The first-order chi connectivity index (χ1) is 9.79. The number of benzene rings is 1. The van der Waals surface area contributed by atoms with Crippen LogP contribution in [0.25, 0.3) is 0 Å². The van der Waals surface area contributed by atoms with Gasteiger partial charge in [0.1, 0.15) is 5.75 Å². The number of hydrogen-bond donors (Lipinski definition) is 0. The van der Waals surface area contributed by atoms with E-state index in [1.54, 1.807) is 19.5 Å². The summed E-state index contributed by atoms with van der Waals surface area (Å²) in [5, 5.41) is 0. The van der Waals surface area contributed by atoms with Gasteiger partial charge in [0.05, 0.1) is 7.11 Å². The minimum atomic E-state index is 0.0667. The second-order valence-corrected chi connectivity index (χ2v) is 5.15. The minimum absolute atomic E-state index is 0.0667. The van der Waals surface area contributed by atoms with Gasteiger partial charge in [-0.25, -0.2) is 0 Å². The SMILES string of the molecule is COc1cccc2c1CC[C@@H](Cc1ccncc1)C2=O. The monoisotopic (exact) mass is 267 g/mol. The third-order valence-electron chi connectivity index (χ3n) is 3.96. The zero-order chi connectivity index (χ0) is 13.9. The summed E-state index contributed by atoms with van der Waals surface area (Å²) < 4.78 is 5.35. The number of ketones is 1. The highest BCUT2D eigenvalue weighted by molar-refractivity contribution is 6.00. The first-order valence-electron chi connectivity index (χ1n) is 6.88.